The summed E-state index contributed by atoms with van der Waals surface area (Å²) in [6.45, 7) is 0. The van der Waals surface area contributed by atoms with Crippen molar-refractivity contribution in [2.24, 2.45) is 4.99 Å². The van der Waals surface area contributed by atoms with Gasteiger partial charge in [0.05, 0.1) is 0 Å². The summed E-state index contributed by atoms with van der Waals surface area (Å²) < 4.78 is 0. The lowest BCUT2D eigenvalue weighted by atomic mass is 10.8. The average Bonchev–Trinajstić information content (AvgIpc) is 1.80. The molecule has 1 aliphatic rings. The maximum Gasteiger partial charge on any atom is 0.427 e. The lowest BCUT2D eigenvalue weighted by Gasteiger charge is -2.16. The van der Waals surface area contributed by atoms with Gasteiger partial charge in [0.25, 0.3) is 0 Å². The van der Waals surface area contributed by atoms with Gasteiger partial charge in [-0.2, -0.15) is 4.99 Å². The van der Waals surface area contributed by atoms with Crippen molar-refractivity contribution < 1.29 is 9.86 Å². The van der Waals surface area contributed by atoms with Crippen LogP contribution in [0.25, 0.3) is 0 Å². The van der Waals surface area contributed by atoms with Crippen molar-refractivity contribution in [2.75, 3.05) is 0 Å². The van der Waals surface area contributed by atoms with Crippen LogP contribution in [0.15, 0.2) is 4.99 Å². The molecule has 1 unspecified atom stereocenters. The smallest absolute Gasteiger partial charge is 0.427 e. The van der Waals surface area contributed by atoms with Crippen LogP contribution in [0.3, 0.4) is 0 Å². The van der Waals surface area contributed by atoms with Crippen molar-refractivity contribution in [3.05, 3.63) is 5.21 Å². The number of quaternary nitrogens is 1. The second-order valence-corrected chi connectivity index (χ2v) is 1.43. The number of hydrogen-bond acceptors (Lipinski definition) is 3. The highest BCUT2D eigenvalue weighted by Gasteiger charge is 2.14. The monoisotopic (exact) mass is 128 g/mol. The first-order chi connectivity index (χ1) is 4.20. The second kappa shape index (κ2) is 1.92. The summed E-state index contributed by atoms with van der Waals surface area (Å²) in [6.07, 6.45) is 0.821. The molecule has 6 nitrogen and oxygen atoms in total. The van der Waals surface area contributed by atoms with Crippen molar-refractivity contribution in [3.63, 3.8) is 0 Å². The summed E-state index contributed by atoms with van der Waals surface area (Å²) in [5, 5.41) is 18.2. The van der Waals surface area contributed by atoms with Gasteiger partial charge in [0.2, 0.25) is 12.3 Å². The van der Waals surface area contributed by atoms with E-state index < -0.39 is 11.1 Å². The van der Waals surface area contributed by atoms with Crippen LogP contribution in [0.2, 0.25) is 0 Å². The van der Waals surface area contributed by atoms with Gasteiger partial charge in [-0.25, -0.2) is 15.2 Å². The van der Waals surface area contributed by atoms with E-state index in [4.69, 9.17) is 5.41 Å². The highest BCUT2D eigenvalue weighted by molar-refractivity contribution is 5.99. The molecular formula is C3H4N4O2. The first-order valence-electron chi connectivity index (χ1n) is 2.18. The molecule has 3 N–H and O–H groups in total. The Hall–Kier alpha value is -1.27. The molecule has 1 aliphatic heterocycles. The number of carbonyl (C=O) groups excluding carboxylic acids is 1. The summed E-state index contributed by atoms with van der Waals surface area (Å²) in [5.74, 6) is -0.292. The van der Waals surface area contributed by atoms with E-state index >= 15 is 0 Å². The summed E-state index contributed by atoms with van der Waals surface area (Å²) in [7, 11) is 0. The molecule has 0 saturated carbocycles. The zero-order valence-corrected chi connectivity index (χ0v) is 4.34. The Morgan fingerprint density at radius 3 is 3.00 bits per heavy atom. The van der Waals surface area contributed by atoms with Crippen molar-refractivity contribution in [1.82, 2.24) is 5.32 Å². The summed E-state index contributed by atoms with van der Waals surface area (Å²) >= 11 is 0. The third-order valence-corrected chi connectivity index (χ3v) is 0.767. The predicted molar refractivity (Wildman–Crippen MR) is 29.1 cm³/mol. The minimum atomic E-state index is -0.796. The van der Waals surface area contributed by atoms with Crippen LogP contribution in [-0.2, 0) is 0 Å². The van der Waals surface area contributed by atoms with Gasteiger partial charge in [0.1, 0.15) is 0 Å². The molecular weight excluding hydrogens is 124 g/mol. The van der Waals surface area contributed by atoms with Gasteiger partial charge < -0.3 is 5.21 Å². The quantitative estimate of drug-likeness (QED) is 0.331. The zero-order chi connectivity index (χ0) is 6.85. The van der Waals surface area contributed by atoms with Crippen LogP contribution >= 0.6 is 0 Å². The molecule has 0 aromatic rings. The molecule has 0 bridgehead atoms. The molecule has 9 heavy (non-hydrogen) atoms. The van der Waals surface area contributed by atoms with Crippen LogP contribution in [0, 0.1) is 10.6 Å². The van der Waals surface area contributed by atoms with Gasteiger partial charge in [0, 0.05) is 0 Å². The first kappa shape index (κ1) is 5.86. The van der Waals surface area contributed by atoms with Gasteiger partial charge in [-0.15, -0.1) is 0 Å². The van der Waals surface area contributed by atoms with Crippen LogP contribution in [0.1, 0.15) is 0 Å². The number of amides is 2. The molecule has 0 saturated heterocycles. The van der Waals surface area contributed by atoms with Crippen LogP contribution in [0.4, 0.5) is 4.79 Å². The number of rotatable bonds is 0. The number of aliphatic imine (C=N–C) groups is 1. The molecule has 0 aromatic heterocycles. The Morgan fingerprint density at radius 2 is 2.56 bits per heavy atom. The van der Waals surface area contributed by atoms with E-state index in [9.17, 15) is 10.0 Å². The molecule has 6 heteroatoms. The Labute approximate surface area is 50.3 Å². The largest absolute Gasteiger partial charge is 0.619 e. The standard InChI is InChI=1S/C3H4N4O2/c4-2-5-1-7(9)3(8)6-2/h1,7H,(H2,4,6,8). The predicted octanol–water partition coefficient (Wildman–Crippen LogP) is -1.94. The average molecular weight is 128 g/mol. The number of nitrogens with zero attached hydrogens (tertiary/aromatic N) is 1. The Kier molecular flexibility index (Phi) is 1.25. The van der Waals surface area contributed by atoms with Gasteiger partial charge in [-0.1, -0.05) is 0 Å². The van der Waals surface area contributed by atoms with Crippen molar-refractivity contribution in [1.29, 1.82) is 5.41 Å². The topological polar surface area (TPSA) is 92.8 Å². The summed E-state index contributed by atoms with van der Waals surface area (Å²) in [4.78, 5) is 13.5. The van der Waals surface area contributed by atoms with E-state index in [1.807, 2.05) is 5.32 Å². The number of urea groups is 1. The fourth-order valence-electron chi connectivity index (χ4n) is 0.383. The maximum absolute atomic E-state index is 10.3. The molecule has 1 rings (SSSR count). The summed E-state index contributed by atoms with van der Waals surface area (Å²) in [5.41, 5.74) is 0. The van der Waals surface area contributed by atoms with E-state index in [0.717, 1.165) is 6.34 Å². The fraction of sp³-hybridized carbons (Fsp3) is 0. The van der Waals surface area contributed by atoms with E-state index in [1.165, 1.54) is 0 Å². The van der Waals surface area contributed by atoms with Gasteiger partial charge in [-0.05, 0) is 0 Å². The van der Waals surface area contributed by atoms with E-state index in [1.54, 1.807) is 0 Å². The normalized spacial score (nSPS) is 26.1. The second-order valence-electron chi connectivity index (χ2n) is 1.43. The minimum absolute atomic E-state index is 0.292. The molecule has 1 atom stereocenters. The van der Waals surface area contributed by atoms with Crippen molar-refractivity contribution in [3.8, 4) is 0 Å². The van der Waals surface area contributed by atoms with Crippen LogP contribution in [0.5, 0.6) is 0 Å². The molecule has 0 fully saturated rings. The molecule has 1 heterocycles. The van der Waals surface area contributed by atoms with E-state index in [2.05, 4.69) is 4.99 Å². The highest BCUT2D eigenvalue weighted by atomic mass is 16.5. The maximum atomic E-state index is 10.3. The Bertz CT molecular complexity index is 186. The molecule has 0 aliphatic carbocycles. The van der Waals surface area contributed by atoms with Gasteiger partial charge >= 0.3 is 6.03 Å². The minimum Gasteiger partial charge on any atom is -0.619 e. The summed E-state index contributed by atoms with van der Waals surface area (Å²) in [6, 6.07) is -0.796. The fourth-order valence-corrected chi connectivity index (χ4v) is 0.383. The Morgan fingerprint density at radius 1 is 1.89 bits per heavy atom. The number of nitrogens with one attached hydrogen (secondary N) is 3. The van der Waals surface area contributed by atoms with Crippen molar-refractivity contribution in [2.45, 2.75) is 0 Å². The Balaban J connectivity index is 2.76. The number of hydroxylamine groups is 2. The zero-order valence-electron chi connectivity index (χ0n) is 4.34. The van der Waals surface area contributed by atoms with Gasteiger partial charge in [0.15, 0.2) is 0 Å². The number of carbonyl (C=O) groups is 1. The third-order valence-electron chi connectivity index (χ3n) is 0.767. The molecule has 48 valence electrons. The van der Waals surface area contributed by atoms with Crippen LogP contribution in [-0.4, -0.2) is 18.3 Å². The van der Waals surface area contributed by atoms with E-state index in [0.29, 0.717) is 0 Å². The lowest BCUT2D eigenvalue weighted by Crippen LogP contribution is -3.11. The van der Waals surface area contributed by atoms with E-state index in [-0.39, 0.29) is 5.96 Å². The third kappa shape index (κ3) is 1.09. The first-order valence-corrected chi connectivity index (χ1v) is 2.18. The number of guanidine groups is 1. The lowest BCUT2D eigenvalue weighted by molar-refractivity contribution is -0.642. The SMILES string of the molecule is N=C1N=C[NH+]([O-])C(=O)N1. The van der Waals surface area contributed by atoms with Crippen molar-refractivity contribution >= 4 is 18.3 Å². The highest BCUT2D eigenvalue weighted by Crippen LogP contribution is 1.69. The molecule has 0 aromatic carbocycles. The molecule has 0 spiro atoms. The number of hydrogen-bond donors (Lipinski definition) is 3. The van der Waals surface area contributed by atoms with Gasteiger partial charge in [-0.3, -0.25) is 5.41 Å². The molecule has 2 amide bonds. The van der Waals surface area contributed by atoms with Crippen LogP contribution < -0.4 is 10.4 Å². The molecule has 0 radical (unpaired) electrons.